The van der Waals surface area contributed by atoms with Crippen molar-refractivity contribution in [2.45, 2.75) is 13.8 Å². The SMILES string of the molecule is Cc1cccc(C)c1OCC(=O)Nc1ccc(C(=O)N2CCOCC2)cc1. The smallest absolute Gasteiger partial charge is 0.262 e. The van der Waals surface area contributed by atoms with E-state index in [0.29, 0.717) is 37.6 Å². The Morgan fingerprint density at radius 1 is 1.04 bits per heavy atom. The highest BCUT2D eigenvalue weighted by Crippen LogP contribution is 2.22. The minimum Gasteiger partial charge on any atom is -0.483 e. The summed E-state index contributed by atoms with van der Waals surface area (Å²) in [7, 11) is 0. The van der Waals surface area contributed by atoms with Gasteiger partial charge in [-0.2, -0.15) is 0 Å². The van der Waals surface area contributed by atoms with Gasteiger partial charge in [0.15, 0.2) is 6.61 Å². The van der Waals surface area contributed by atoms with E-state index in [9.17, 15) is 9.59 Å². The van der Waals surface area contributed by atoms with Gasteiger partial charge in [0, 0.05) is 24.3 Å². The van der Waals surface area contributed by atoms with Gasteiger partial charge >= 0.3 is 0 Å². The molecular weight excluding hydrogens is 344 g/mol. The number of benzene rings is 2. The minimum absolute atomic E-state index is 0.0189. The van der Waals surface area contributed by atoms with Gasteiger partial charge in [-0.15, -0.1) is 0 Å². The molecule has 0 atom stereocenters. The van der Waals surface area contributed by atoms with Gasteiger partial charge in [0.25, 0.3) is 11.8 Å². The summed E-state index contributed by atoms with van der Waals surface area (Å²) in [6.07, 6.45) is 0. The summed E-state index contributed by atoms with van der Waals surface area (Å²) in [5, 5.41) is 2.79. The summed E-state index contributed by atoms with van der Waals surface area (Å²) in [5.74, 6) is 0.471. The van der Waals surface area contributed by atoms with Crippen molar-refractivity contribution in [3.63, 3.8) is 0 Å². The van der Waals surface area contributed by atoms with Crippen molar-refractivity contribution in [2.75, 3.05) is 38.2 Å². The number of morpholine rings is 1. The van der Waals surface area contributed by atoms with Crippen LogP contribution in [0.1, 0.15) is 21.5 Å². The number of amides is 2. The highest BCUT2D eigenvalue weighted by molar-refractivity contribution is 5.96. The zero-order valence-corrected chi connectivity index (χ0v) is 15.7. The van der Waals surface area contributed by atoms with Crippen molar-refractivity contribution in [2.24, 2.45) is 0 Å². The molecule has 0 aromatic heterocycles. The molecule has 3 rings (SSSR count). The highest BCUT2D eigenvalue weighted by Gasteiger charge is 2.18. The first-order valence-corrected chi connectivity index (χ1v) is 9.00. The number of anilines is 1. The monoisotopic (exact) mass is 368 g/mol. The Morgan fingerprint density at radius 3 is 2.30 bits per heavy atom. The van der Waals surface area contributed by atoms with E-state index in [0.717, 1.165) is 16.9 Å². The minimum atomic E-state index is -0.245. The van der Waals surface area contributed by atoms with E-state index in [1.807, 2.05) is 32.0 Å². The van der Waals surface area contributed by atoms with E-state index in [4.69, 9.17) is 9.47 Å². The molecule has 0 radical (unpaired) electrons. The number of aryl methyl sites for hydroxylation is 2. The summed E-state index contributed by atoms with van der Waals surface area (Å²) >= 11 is 0. The second-order valence-electron chi connectivity index (χ2n) is 6.54. The molecule has 142 valence electrons. The van der Waals surface area contributed by atoms with Crippen LogP contribution < -0.4 is 10.1 Å². The fourth-order valence-corrected chi connectivity index (χ4v) is 3.01. The third-order valence-electron chi connectivity index (χ3n) is 4.47. The molecule has 6 heteroatoms. The number of nitrogens with zero attached hydrogens (tertiary/aromatic N) is 1. The van der Waals surface area contributed by atoms with E-state index in [-0.39, 0.29) is 18.4 Å². The molecule has 1 aliphatic heterocycles. The van der Waals surface area contributed by atoms with Crippen LogP contribution in [0.4, 0.5) is 5.69 Å². The van der Waals surface area contributed by atoms with Gasteiger partial charge in [-0.25, -0.2) is 0 Å². The van der Waals surface area contributed by atoms with Crippen LogP contribution in [-0.2, 0) is 9.53 Å². The Kier molecular flexibility index (Phi) is 6.08. The van der Waals surface area contributed by atoms with Crippen molar-refractivity contribution in [1.29, 1.82) is 0 Å². The van der Waals surface area contributed by atoms with Crippen LogP contribution in [0.25, 0.3) is 0 Å². The predicted molar refractivity (Wildman–Crippen MR) is 103 cm³/mol. The maximum Gasteiger partial charge on any atom is 0.262 e. The lowest BCUT2D eigenvalue weighted by molar-refractivity contribution is -0.118. The second-order valence-corrected chi connectivity index (χ2v) is 6.54. The molecule has 1 N–H and O–H groups in total. The fraction of sp³-hybridized carbons (Fsp3) is 0.333. The maximum atomic E-state index is 12.4. The van der Waals surface area contributed by atoms with Gasteiger partial charge in [0.1, 0.15) is 5.75 Å². The van der Waals surface area contributed by atoms with Crippen LogP contribution in [0.5, 0.6) is 5.75 Å². The molecule has 0 aliphatic carbocycles. The van der Waals surface area contributed by atoms with Gasteiger partial charge in [-0.1, -0.05) is 18.2 Å². The second kappa shape index (κ2) is 8.68. The van der Waals surface area contributed by atoms with Crippen molar-refractivity contribution in [1.82, 2.24) is 4.90 Å². The molecule has 2 aromatic carbocycles. The van der Waals surface area contributed by atoms with E-state index < -0.39 is 0 Å². The zero-order valence-electron chi connectivity index (χ0n) is 15.7. The standard InChI is InChI=1S/C21H24N2O4/c1-15-4-3-5-16(2)20(15)27-14-19(24)22-18-8-6-17(7-9-18)21(25)23-10-12-26-13-11-23/h3-9H,10-14H2,1-2H3,(H,22,24). The Hall–Kier alpha value is -2.86. The third kappa shape index (κ3) is 4.86. The van der Waals surface area contributed by atoms with Gasteiger partial charge < -0.3 is 19.7 Å². The lowest BCUT2D eigenvalue weighted by Gasteiger charge is -2.26. The largest absolute Gasteiger partial charge is 0.483 e. The Labute approximate surface area is 159 Å². The maximum absolute atomic E-state index is 12.4. The van der Waals surface area contributed by atoms with Crippen molar-refractivity contribution in [3.8, 4) is 5.75 Å². The third-order valence-corrected chi connectivity index (χ3v) is 4.47. The van der Waals surface area contributed by atoms with Crippen LogP contribution in [0, 0.1) is 13.8 Å². The molecule has 1 aliphatic rings. The van der Waals surface area contributed by atoms with Crippen LogP contribution >= 0.6 is 0 Å². The van der Waals surface area contributed by atoms with Gasteiger partial charge in [0.2, 0.25) is 0 Å². The average molecular weight is 368 g/mol. The first-order valence-electron chi connectivity index (χ1n) is 9.00. The molecule has 1 fully saturated rings. The summed E-state index contributed by atoms with van der Waals surface area (Å²) in [4.78, 5) is 26.3. The van der Waals surface area contributed by atoms with E-state index in [1.54, 1.807) is 29.2 Å². The first-order chi connectivity index (χ1) is 13.0. The lowest BCUT2D eigenvalue weighted by atomic mass is 10.1. The summed E-state index contributed by atoms with van der Waals surface area (Å²) in [5.41, 5.74) is 3.22. The molecule has 0 unspecified atom stereocenters. The number of ether oxygens (including phenoxy) is 2. The summed E-state index contributed by atoms with van der Waals surface area (Å²) in [6, 6.07) is 12.8. The van der Waals surface area contributed by atoms with Crippen LogP contribution in [0.2, 0.25) is 0 Å². The average Bonchev–Trinajstić information content (AvgIpc) is 2.68. The Balaban J connectivity index is 1.54. The number of rotatable bonds is 5. The molecule has 1 saturated heterocycles. The van der Waals surface area contributed by atoms with Gasteiger partial charge in [0.05, 0.1) is 13.2 Å². The molecular formula is C21H24N2O4. The number of carbonyl (C=O) groups is 2. The molecule has 6 nitrogen and oxygen atoms in total. The lowest BCUT2D eigenvalue weighted by Crippen LogP contribution is -2.40. The number of nitrogens with one attached hydrogen (secondary N) is 1. The zero-order chi connectivity index (χ0) is 19.2. The summed E-state index contributed by atoms with van der Waals surface area (Å²) < 4.78 is 10.9. The number of hydrogen-bond donors (Lipinski definition) is 1. The molecule has 0 spiro atoms. The van der Waals surface area contributed by atoms with Crippen LogP contribution in [-0.4, -0.2) is 49.6 Å². The van der Waals surface area contributed by atoms with Crippen molar-refractivity contribution < 1.29 is 19.1 Å². The fourth-order valence-electron chi connectivity index (χ4n) is 3.01. The molecule has 27 heavy (non-hydrogen) atoms. The molecule has 0 bridgehead atoms. The molecule has 2 aromatic rings. The Bertz CT molecular complexity index is 791. The number of carbonyl (C=O) groups excluding carboxylic acids is 2. The van der Waals surface area contributed by atoms with Crippen molar-refractivity contribution in [3.05, 3.63) is 59.2 Å². The van der Waals surface area contributed by atoms with Gasteiger partial charge in [-0.3, -0.25) is 9.59 Å². The molecule has 0 saturated carbocycles. The van der Waals surface area contributed by atoms with E-state index in [1.165, 1.54) is 0 Å². The highest BCUT2D eigenvalue weighted by atomic mass is 16.5. The quantitative estimate of drug-likeness (QED) is 0.881. The number of para-hydroxylation sites is 1. The number of hydrogen-bond acceptors (Lipinski definition) is 4. The molecule has 2 amide bonds. The Morgan fingerprint density at radius 2 is 1.67 bits per heavy atom. The molecule has 1 heterocycles. The normalized spacial score (nSPS) is 13.9. The van der Waals surface area contributed by atoms with Crippen LogP contribution in [0.3, 0.4) is 0 Å². The van der Waals surface area contributed by atoms with Crippen molar-refractivity contribution >= 4 is 17.5 Å². The van der Waals surface area contributed by atoms with E-state index >= 15 is 0 Å². The van der Waals surface area contributed by atoms with Crippen LogP contribution in [0.15, 0.2) is 42.5 Å². The van der Waals surface area contributed by atoms with Gasteiger partial charge in [-0.05, 0) is 49.2 Å². The first kappa shape index (κ1) is 18.9. The predicted octanol–water partition coefficient (Wildman–Crippen LogP) is 2.79. The van der Waals surface area contributed by atoms with E-state index in [2.05, 4.69) is 5.32 Å². The topological polar surface area (TPSA) is 67.9 Å². The summed E-state index contributed by atoms with van der Waals surface area (Å²) in [6.45, 7) is 6.18.